The number of methoxy groups -OCH3 is 1. The second-order valence-corrected chi connectivity index (χ2v) is 5.08. The second kappa shape index (κ2) is 4.70. The fraction of sp³-hybridized carbons (Fsp3) is 0.538. The molecule has 0 amide bonds. The van der Waals surface area contributed by atoms with Crippen LogP contribution in [-0.2, 0) is 0 Å². The number of nitrogens with zero attached hydrogens (tertiary/aromatic N) is 2. The number of nitrogens with one attached hydrogen (secondary N) is 1. The first kappa shape index (κ1) is 12.2. The molecule has 2 saturated heterocycles. The monoisotopic (exact) mass is 263 g/mol. The van der Waals surface area contributed by atoms with E-state index in [4.69, 9.17) is 4.74 Å². The number of rotatable bonds is 3. The minimum atomic E-state index is -0.326. The van der Waals surface area contributed by atoms with E-state index in [1.165, 1.54) is 13.2 Å². The number of hydrogen-bond acceptors (Lipinski definition) is 5. The van der Waals surface area contributed by atoms with Crippen molar-refractivity contribution in [3.63, 3.8) is 0 Å². The summed E-state index contributed by atoms with van der Waals surface area (Å²) in [6.07, 6.45) is 1.10. The van der Waals surface area contributed by atoms with E-state index >= 15 is 0 Å². The number of benzene rings is 1. The zero-order chi connectivity index (χ0) is 13.4. The predicted octanol–water partition coefficient (Wildman–Crippen LogP) is 1.40. The van der Waals surface area contributed by atoms with Crippen LogP contribution in [0.5, 0.6) is 5.75 Å². The molecular formula is C13H17N3O3. The summed E-state index contributed by atoms with van der Waals surface area (Å²) in [5.74, 6) is 1.14. The largest absolute Gasteiger partial charge is 0.496 e. The zero-order valence-electron chi connectivity index (χ0n) is 10.8. The van der Waals surface area contributed by atoms with Gasteiger partial charge in [0.2, 0.25) is 0 Å². The van der Waals surface area contributed by atoms with E-state index in [9.17, 15) is 10.1 Å². The normalized spacial score (nSPS) is 25.4. The molecule has 0 aromatic heterocycles. The van der Waals surface area contributed by atoms with E-state index in [-0.39, 0.29) is 10.6 Å². The number of anilines is 1. The minimum absolute atomic E-state index is 0.131. The number of nitro groups is 1. The molecule has 2 aliphatic heterocycles. The molecule has 3 rings (SSSR count). The summed E-state index contributed by atoms with van der Waals surface area (Å²) < 4.78 is 5.07. The summed E-state index contributed by atoms with van der Waals surface area (Å²) in [4.78, 5) is 13.1. The van der Waals surface area contributed by atoms with E-state index in [2.05, 4.69) is 10.2 Å². The van der Waals surface area contributed by atoms with Crippen LogP contribution in [0.25, 0.3) is 0 Å². The highest BCUT2D eigenvalue weighted by Gasteiger charge is 2.39. The van der Waals surface area contributed by atoms with Gasteiger partial charge in [-0.05, 0) is 24.5 Å². The van der Waals surface area contributed by atoms with Crippen molar-refractivity contribution in [1.29, 1.82) is 0 Å². The average molecular weight is 263 g/mol. The van der Waals surface area contributed by atoms with Crippen molar-refractivity contribution in [2.75, 3.05) is 31.6 Å². The first-order valence-corrected chi connectivity index (χ1v) is 6.50. The first-order chi connectivity index (χ1) is 9.20. The van der Waals surface area contributed by atoms with Crippen LogP contribution in [0.3, 0.4) is 0 Å². The molecule has 1 N–H and O–H groups in total. The Kier molecular flexibility index (Phi) is 3.02. The summed E-state index contributed by atoms with van der Waals surface area (Å²) in [6.45, 7) is 2.82. The predicted molar refractivity (Wildman–Crippen MR) is 71.8 cm³/mol. The van der Waals surface area contributed by atoms with Gasteiger partial charge in [-0.25, -0.2) is 0 Å². The summed E-state index contributed by atoms with van der Waals surface area (Å²) in [5, 5.41) is 14.6. The van der Waals surface area contributed by atoms with Crippen molar-refractivity contribution in [2.24, 2.45) is 5.92 Å². The molecule has 6 heteroatoms. The van der Waals surface area contributed by atoms with Gasteiger partial charge in [-0.1, -0.05) is 0 Å². The van der Waals surface area contributed by atoms with Gasteiger partial charge in [-0.3, -0.25) is 10.1 Å². The fourth-order valence-corrected chi connectivity index (χ4v) is 3.17. The maximum atomic E-state index is 11.2. The molecule has 0 radical (unpaired) electrons. The van der Waals surface area contributed by atoms with Crippen LogP contribution in [0.15, 0.2) is 18.2 Å². The third kappa shape index (κ3) is 2.02. The third-order valence-electron chi connectivity index (χ3n) is 4.13. The molecule has 0 bridgehead atoms. The number of fused-ring (bicyclic) bond motifs is 1. The van der Waals surface area contributed by atoms with Gasteiger partial charge >= 0.3 is 0 Å². The van der Waals surface area contributed by atoms with Gasteiger partial charge in [0.15, 0.2) is 0 Å². The van der Waals surface area contributed by atoms with E-state index in [1.807, 2.05) is 0 Å². The molecule has 0 unspecified atom stereocenters. The second-order valence-electron chi connectivity index (χ2n) is 5.08. The highest BCUT2D eigenvalue weighted by molar-refractivity contribution is 5.66. The molecule has 0 spiro atoms. The highest BCUT2D eigenvalue weighted by atomic mass is 16.6. The Morgan fingerprint density at radius 3 is 3.05 bits per heavy atom. The molecule has 19 heavy (non-hydrogen) atoms. The van der Waals surface area contributed by atoms with Gasteiger partial charge in [-0.15, -0.1) is 0 Å². The molecule has 1 aromatic rings. The topological polar surface area (TPSA) is 67.6 Å². The third-order valence-corrected chi connectivity index (χ3v) is 4.13. The van der Waals surface area contributed by atoms with Gasteiger partial charge in [0.05, 0.1) is 18.1 Å². The average Bonchev–Trinajstić information content (AvgIpc) is 3.00. The lowest BCUT2D eigenvalue weighted by Crippen LogP contribution is -2.34. The van der Waals surface area contributed by atoms with Crippen LogP contribution in [0, 0.1) is 16.0 Å². The molecule has 6 nitrogen and oxygen atoms in total. The van der Waals surface area contributed by atoms with E-state index in [1.54, 1.807) is 12.1 Å². The van der Waals surface area contributed by atoms with Crippen molar-refractivity contribution < 1.29 is 9.66 Å². The molecular weight excluding hydrogens is 246 g/mol. The Labute approximate surface area is 111 Å². The lowest BCUT2D eigenvalue weighted by atomic mass is 10.0. The quantitative estimate of drug-likeness (QED) is 0.659. The first-order valence-electron chi connectivity index (χ1n) is 6.50. The Hall–Kier alpha value is -1.82. The molecule has 2 atom stereocenters. The fourth-order valence-electron chi connectivity index (χ4n) is 3.17. The number of hydrogen-bond donors (Lipinski definition) is 1. The van der Waals surface area contributed by atoms with Crippen molar-refractivity contribution in [3.05, 3.63) is 28.3 Å². The van der Waals surface area contributed by atoms with E-state index < -0.39 is 0 Å². The summed E-state index contributed by atoms with van der Waals surface area (Å²) >= 11 is 0. The van der Waals surface area contributed by atoms with Gasteiger partial charge in [0.1, 0.15) is 11.4 Å². The molecule has 0 aliphatic carbocycles. The van der Waals surface area contributed by atoms with Crippen LogP contribution < -0.4 is 15.0 Å². The number of nitro benzene ring substituents is 1. The highest BCUT2D eigenvalue weighted by Crippen LogP contribution is 2.38. The minimum Gasteiger partial charge on any atom is -0.496 e. The van der Waals surface area contributed by atoms with Crippen LogP contribution >= 0.6 is 0 Å². The molecule has 1 aromatic carbocycles. The maximum absolute atomic E-state index is 11.2. The Bertz CT molecular complexity index is 506. The van der Waals surface area contributed by atoms with Crippen LogP contribution in [-0.4, -0.2) is 37.7 Å². The van der Waals surface area contributed by atoms with Crippen molar-refractivity contribution >= 4 is 11.4 Å². The van der Waals surface area contributed by atoms with Crippen LogP contribution in [0.4, 0.5) is 11.4 Å². The van der Waals surface area contributed by atoms with Crippen LogP contribution in [0.1, 0.15) is 6.42 Å². The molecule has 0 saturated carbocycles. The molecule has 2 heterocycles. The van der Waals surface area contributed by atoms with Crippen molar-refractivity contribution in [3.8, 4) is 5.75 Å². The van der Waals surface area contributed by atoms with Gasteiger partial charge < -0.3 is 15.0 Å². The molecule has 2 aliphatic rings. The Morgan fingerprint density at radius 2 is 2.32 bits per heavy atom. The Morgan fingerprint density at radius 1 is 1.47 bits per heavy atom. The summed E-state index contributed by atoms with van der Waals surface area (Å²) in [5.41, 5.74) is 0.842. The van der Waals surface area contributed by atoms with Gasteiger partial charge in [-0.2, -0.15) is 0 Å². The lowest BCUT2D eigenvalue weighted by molar-refractivity contribution is -0.384. The van der Waals surface area contributed by atoms with Gasteiger partial charge in [0.25, 0.3) is 5.69 Å². The zero-order valence-corrected chi connectivity index (χ0v) is 10.8. The summed E-state index contributed by atoms with van der Waals surface area (Å²) in [7, 11) is 1.52. The maximum Gasteiger partial charge on any atom is 0.296 e. The van der Waals surface area contributed by atoms with Crippen LogP contribution in [0.2, 0.25) is 0 Å². The molecule has 102 valence electrons. The number of ether oxygens (including phenoxy) is 1. The SMILES string of the molecule is COc1ccc(N2CC[C@H]3CNC[C@H]32)c([N+](=O)[O-])c1. The van der Waals surface area contributed by atoms with E-state index in [0.29, 0.717) is 23.4 Å². The lowest BCUT2D eigenvalue weighted by Gasteiger charge is -2.25. The molecule has 2 fully saturated rings. The van der Waals surface area contributed by atoms with Crippen molar-refractivity contribution in [2.45, 2.75) is 12.5 Å². The van der Waals surface area contributed by atoms with Gasteiger partial charge in [0, 0.05) is 25.7 Å². The van der Waals surface area contributed by atoms with E-state index in [0.717, 1.165) is 26.1 Å². The smallest absolute Gasteiger partial charge is 0.296 e. The summed E-state index contributed by atoms with van der Waals surface area (Å²) in [6, 6.07) is 5.48. The standard InChI is InChI=1S/C13H17N3O3/c1-19-10-2-3-11(12(6-10)16(17)18)15-5-4-9-7-14-8-13(9)15/h2-3,6,9,13-14H,4-5,7-8H2,1H3/t9-,13+/m0/s1. The van der Waals surface area contributed by atoms with Crippen molar-refractivity contribution in [1.82, 2.24) is 5.32 Å². The Balaban J connectivity index is 1.97.